The number of fused-ring (bicyclic) bond motifs is 1. The molecule has 0 saturated carbocycles. The van der Waals surface area contributed by atoms with E-state index in [4.69, 9.17) is 0 Å². The zero-order valence-corrected chi connectivity index (χ0v) is 19.6. The normalized spacial score (nSPS) is 11.3. The van der Waals surface area contributed by atoms with Crippen molar-refractivity contribution in [3.8, 4) is 11.3 Å². The number of pyridine rings is 1. The largest absolute Gasteiger partial charge is 0.326 e. The van der Waals surface area contributed by atoms with Crippen LogP contribution < -0.4 is 15.4 Å². The third-order valence-electron chi connectivity index (χ3n) is 5.00. The summed E-state index contributed by atoms with van der Waals surface area (Å²) in [7, 11) is -3.62. The molecular weight excluding hydrogens is 454 g/mol. The van der Waals surface area contributed by atoms with Gasteiger partial charge in [-0.1, -0.05) is 18.2 Å². The van der Waals surface area contributed by atoms with Crippen molar-refractivity contribution in [1.29, 1.82) is 0 Å². The van der Waals surface area contributed by atoms with E-state index < -0.39 is 15.9 Å². The van der Waals surface area contributed by atoms with Gasteiger partial charge in [0.1, 0.15) is 5.65 Å². The topological polar surface area (TPSA) is 122 Å². The number of nitrogens with one attached hydrogen (secondary N) is 3. The predicted octanol–water partition coefficient (Wildman–Crippen LogP) is 3.89. The van der Waals surface area contributed by atoms with Gasteiger partial charge < -0.3 is 15.0 Å². The minimum Gasteiger partial charge on any atom is -0.326 e. The summed E-state index contributed by atoms with van der Waals surface area (Å²) in [5.74, 6) is -0.845. The van der Waals surface area contributed by atoms with Crippen LogP contribution in [0.3, 0.4) is 0 Å². The minimum atomic E-state index is -3.62. The number of aryl methyl sites for hydroxylation is 1. The summed E-state index contributed by atoms with van der Waals surface area (Å²) in [6.07, 6.45) is 4.87. The Morgan fingerprint density at radius 3 is 2.32 bits per heavy atom. The van der Waals surface area contributed by atoms with Crippen LogP contribution in [0.15, 0.2) is 67.0 Å². The Morgan fingerprint density at radius 2 is 1.68 bits per heavy atom. The van der Waals surface area contributed by atoms with Gasteiger partial charge in [-0.3, -0.25) is 14.3 Å². The van der Waals surface area contributed by atoms with E-state index in [1.807, 2.05) is 48.0 Å². The Labute approximate surface area is 196 Å². The number of sulfonamides is 1. The molecule has 0 bridgehead atoms. The highest BCUT2D eigenvalue weighted by Gasteiger charge is 2.16. The van der Waals surface area contributed by atoms with E-state index in [-0.39, 0.29) is 17.2 Å². The van der Waals surface area contributed by atoms with Crippen LogP contribution in [0, 0.1) is 6.92 Å². The fourth-order valence-corrected chi connectivity index (χ4v) is 4.09. The molecule has 4 aromatic rings. The molecule has 4 rings (SSSR count). The maximum absolute atomic E-state index is 13.0. The summed E-state index contributed by atoms with van der Waals surface area (Å²) in [4.78, 5) is 29.1. The van der Waals surface area contributed by atoms with Crippen LogP contribution in [0.2, 0.25) is 0 Å². The summed E-state index contributed by atoms with van der Waals surface area (Å²) in [6.45, 7) is 3.34. The summed E-state index contributed by atoms with van der Waals surface area (Å²) < 4.78 is 27.8. The lowest BCUT2D eigenvalue weighted by Gasteiger charge is -2.13. The van der Waals surface area contributed by atoms with Gasteiger partial charge in [0.15, 0.2) is 0 Å². The van der Waals surface area contributed by atoms with Crippen molar-refractivity contribution < 1.29 is 18.0 Å². The van der Waals surface area contributed by atoms with Gasteiger partial charge in [-0.2, -0.15) is 0 Å². The standard InChI is InChI=1S/C24H23N5O4S/c1-15-5-4-12-29-14-22(27-23(15)29)17-6-8-18(9-7-17)26-24(31)20-13-19(25-16(2)30)10-11-21(20)28-34(3,32)33/h4-14,28H,1-3H3,(H,25,30)(H,26,31). The third kappa shape index (κ3) is 5.24. The number of imidazole rings is 1. The molecule has 0 saturated heterocycles. The maximum Gasteiger partial charge on any atom is 0.257 e. The van der Waals surface area contributed by atoms with Crippen molar-refractivity contribution in [1.82, 2.24) is 9.38 Å². The lowest BCUT2D eigenvalue weighted by Crippen LogP contribution is -2.18. The summed E-state index contributed by atoms with van der Waals surface area (Å²) in [5, 5.41) is 5.36. The lowest BCUT2D eigenvalue weighted by molar-refractivity contribution is -0.114. The first-order valence-electron chi connectivity index (χ1n) is 10.3. The molecule has 0 atom stereocenters. The van der Waals surface area contributed by atoms with Crippen LogP contribution >= 0.6 is 0 Å². The molecule has 0 spiro atoms. The summed E-state index contributed by atoms with van der Waals surface area (Å²) >= 11 is 0. The zero-order chi connectivity index (χ0) is 24.5. The fraction of sp³-hybridized carbons (Fsp3) is 0.125. The van der Waals surface area contributed by atoms with Gasteiger partial charge in [0.2, 0.25) is 15.9 Å². The Hall–Kier alpha value is -4.18. The van der Waals surface area contributed by atoms with Gasteiger partial charge in [0, 0.05) is 36.3 Å². The first-order valence-corrected chi connectivity index (χ1v) is 12.2. The van der Waals surface area contributed by atoms with Crippen LogP contribution in [-0.2, 0) is 14.8 Å². The first kappa shape index (κ1) is 23.0. The van der Waals surface area contributed by atoms with Crippen LogP contribution in [-0.4, -0.2) is 35.9 Å². The van der Waals surface area contributed by atoms with Crippen LogP contribution in [0.25, 0.3) is 16.9 Å². The molecule has 10 heteroatoms. The van der Waals surface area contributed by atoms with Gasteiger partial charge in [0.05, 0.1) is 23.2 Å². The molecule has 34 heavy (non-hydrogen) atoms. The number of hydrogen-bond acceptors (Lipinski definition) is 5. The average molecular weight is 478 g/mol. The van der Waals surface area contributed by atoms with Crippen LogP contribution in [0.4, 0.5) is 17.1 Å². The van der Waals surface area contributed by atoms with E-state index in [0.29, 0.717) is 11.4 Å². The van der Waals surface area contributed by atoms with Gasteiger partial charge in [-0.05, 0) is 48.9 Å². The Bertz CT molecular complexity index is 1510. The van der Waals surface area contributed by atoms with Crippen LogP contribution in [0.5, 0.6) is 0 Å². The van der Waals surface area contributed by atoms with Crippen molar-refractivity contribution in [2.75, 3.05) is 21.6 Å². The van der Waals surface area contributed by atoms with E-state index in [2.05, 4.69) is 20.3 Å². The number of anilines is 3. The SMILES string of the molecule is CC(=O)Nc1ccc(NS(C)(=O)=O)c(C(=O)Nc2ccc(-c3cn4cccc(C)c4n3)cc2)c1. The molecule has 0 aliphatic carbocycles. The molecule has 0 fully saturated rings. The van der Waals surface area contributed by atoms with Crippen molar-refractivity contribution in [3.63, 3.8) is 0 Å². The van der Waals surface area contributed by atoms with Crippen molar-refractivity contribution in [2.45, 2.75) is 13.8 Å². The predicted molar refractivity (Wildman–Crippen MR) is 133 cm³/mol. The smallest absolute Gasteiger partial charge is 0.257 e. The third-order valence-corrected chi connectivity index (χ3v) is 5.59. The molecule has 2 heterocycles. The van der Waals surface area contributed by atoms with Crippen molar-refractivity contribution >= 4 is 44.5 Å². The molecule has 0 aliphatic heterocycles. The van der Waals surface area contributed by atoms with Crippen LogP contribution in [0.1, 0.15) is 22.8 Å². The van der Waals surface area contributed by atoms with Gasteiger partial charge >= 0.3 is 0 Å². The highest BCUT2D eigenvalue weighted by atomic mass is 32.2. The van der Waals surface area contributed by atoms with E-state index in [9.17, 15) is 18.0 Å². The average Bonchev–Trinajstić information content (AvgIpc) is 3.20. The minimum absolute atomic E-state index is 0.0663. The van der Waals surface area contributed by atoms with Gasteiger partial charge in [0.25, 0.3) is 5.91 Å². The number of nitrogens with zero attached hydrogens (tertiary/aromatic N) is 2. The number of benzene rings is 2. The second-order valence-corrected chi connectivity index (χ2v) is 9.64. The number of carbonyl (C=O) groups excluding carboxylic acids is 2. The fourth-order valence-electron chi connectivity index (χ4n) is 3.52. The van der Waals surface area contributed by atoms with Gasteiger partial charge in [-0.15, -0.1) is 0 Å². The first-order chi connectivity index (χ1) is 16.1. The number of aromatic nitrogens is 2. The van der Waals surface area contributed by atoms with Crippen molar-refractivity contribution in [2.24, 2.45) is 0 Å². The molecular formula is C24H23N5O4S. The van der Waals surface area contributed by atoms with E-state index in [1.54, 1.807) is 12.1 Å². The van der Waals surface area contributed by atoms with Crippen molar-refractivity contribution in [3.05, 3.63) is 78.1 Å². The monoisotopic (exact) mass is 477 g/mol. The molecule has 174 valence electrons. The van der Waals surface area contributed by atoms with E-state index >= 15 is 0 Å². The Balaban J connectivity index is 1.59. The number of carbonyl (C=O) groups is 2. The molecule has 2 aromatic carbocycles. The second kappa shape index (κ2) is 8.99. The lowest BCUT2D eigenvalue weighted by atomic mass is 10.1. The zero-order valence-electron chi connectivity index (χ0n) is 18.8. The Morgan fingerprint density at radius 1 is 0.971 bits per heavy atom. The quantitative estimate of drug-likeness (QED) is 0.389. The molecule has 2 aromatic heterocycles. The number of hydrogen-bond donors (Lipinski definition) is 3. The number of rotatable bonds is 6. The second-order valence-electron chi connectivity index (χ2n) is 7.90. The van der Waals surface area contributed by atoms with Gasteiger partial charge in [-0.25, -0.2) is 13.4 Å². The molecule has 9 nitrogen and oxygen atoms in total. The molecule has 3 N–H and O–H groups in total. The molecule has 0 radical (unpaired) electrons. The van der Waals surface area contributed by atoms with E-state index in [1.165, 1.54) is 25.1 Å². The number of amides is 2. The molecule has 0 aliphatic rings. The molecule has 2 amide bonds. The maximum atomic E-state index is 13.0. The van der Waals surface area contributed by atoms with E-state index in [0.717, 1.165) is 28.7 Å². The Kier molecular flexibility index (Phi) is 6.08. The highest BCUT2D eigenvalue weighted by Crippen LogP contribution is 2.25. The summed E-state index contributed by atoms with van der Waals surface area (Å²) in [6, 6.07) is 15.5. The highest BCUT2D eigenvalue weighted by molar-refractivity contribution is 7.92. The summed E-state index contributed by atoms with van der Waals surface area (Å²) in [5.41, 5.74) is 4.68. The molecule has 0 unspecified atom stereocenters.